The summed E-state index contributed by atoms with van der Waals surface area (Å²) in [4.78, 5) is 19.4. The van der Waals surface area contributed by atoms with Crippen molar-refractivity contribution in [3.8, 4) is 0 Å². The molecule has 0 atom stereocenters. The first-order valence-corrected chi connectivity index (χ1v) is 7.65. The van der Waals surface area contributed by atoms with E-state index in [1.165, 1.54) is 0 Å². The predicted molar refractivity (Wildman–Crippen MR) is 91.9 cm³/mol. The monoisotopic (exact) mass is 310 g/mol. The van der Waals surface area contributed by atoms with Crippen molar-refractivity contribution in [1.29, 1.82) is 0 Å². The molecule has 0 unspecified atom stereocenters. The third-order valence-electron chi connectivity index (χ3n) is 3.06. The van der Waals surface area contributed by atoms with Crippen LogP contribution >= 0.6 is 12.2 Å². The van der Waals surface area contributed by atoms with Crippen LogP contribution in [0.1, 0.15) is 41.0 Å². The second-order valence-electron chi connectivity index (χ2n) is 6.65. The van der Waals surface area contributed by atoms with E-state index in [-0.39, 0.29) is 11.1 Å². The molecular formula is C15H26N4OS. The fourth-order valence-electron chi connectivity index (χ4n) is 2.12. The van der Waals surface area contributed by atoms with E-state index in [4.69, 9.17) is 18.0 Å². The summed E-state index contributed by atoms with van der Waals surface area (Å²) in [5.41, 5.74) is 5.24. The predicted octanol–water partition coefficient (Wildman–Crippen LogP) is 2.14. The molecule has 0 bridgehead atoms. The third kappa shape index (κ3) is 5.12. The molecule has 0 aliphatic carbocycles. The van der Waals surface area contributed by atoms with Crippen molar-refractivity contribution in [1.82, 2.24) is 9.55 Å². The van der Waals surface area contributed by atoms with E-state index in [0.717, 1.165) is 6.54 Å². The number of nitrogens with zero attached hydrogens (tertiary/aromatic N) is 3. The molecule has 0 saturated heterocycles. The number of thiocarbonyl (C=S) groups is 1. The van der Waals surface area contributed by atoms with E-state index in [1.807, 2.05) is 25.7 Å². The van der Waals surface area contributed by atoms with Gasteiger partial charge in [0.15, 0.2) is 5.82 Å². The molecule has 5 nitrogen and oxygen atoms in total. The molecule has 0 spiro atoms. The Balaban J connectivity index is 3.18. The summed E-state index contributed by atoms with van der Waals surface area (Å²) in [6, 6.07) is 0. The maximum atomic E-state index is 12.7. The normalized spacial score (nSPS) is 11.7. The molecule has 0 amide bonds. The fourth-order valence-corrected chi connectivity index (χ4v) is 2.21. The Hall–Kier alpha value is -1.43. The molecule has 1 heterocycles. The van der Waals surface area contributed by atoms with Crippen molar-refractivity contribution in [3.05, 3.63) is 22.7 Å². The minimum absolute atomic E-state index is 0.0754. The van der Waals surface area contributed by atoms with Crippen LogP contribution in [-0.2, 0) is 5.54 Å². The van der Waals surface area contributed by atoms with Crippen molar-refractivity contribution < 1.29 is 0 Å². The van der Waals surface area contributed by atoms with Crippen LogP contribution in [0.2, 0.25) is 0 Å². The highest BCUT2D eigenvalue weighted by Gasteiger charge is 2.20. The van der Waals surface area contributed by atoms with Crippen molar-refractivity contribution in [2.75, 3.05) is 18.0 Å². The van der Waals surface area contributed by atoms with Gasteiger partial charge in [-0.25, -0.2) is 4.98 Å². The number of aromatic nitrogens is 2. The van der Waals surface area contributed by atoms with Crippen LogP contribution in [0, 0.1) is 5.92 Å². The highest BCUT2D eigenvalue weighted by Crippen LogP contribution is 2.14. The molecule has 1 aromatic rings. The first-order valence-electron chi connectivity index (χ1n) is 7.24. The molecule has 0 aliphatic rings. The van der Waals surface area contributed by atoms with Gasteiger partial charge in [-0.2, -0.15) is 0 Å². The lowest BCUT2D eigenvalue weighted by Gasteiger charge is -2.28. The van der Waals surface area contributed by atoms with Gasteiger partial charge in [0.2, 0.25) is 0 Å². The fraction of sp³-hybridized carbons (Fsp3) is 0.667. The molecule has 0 aliphatic heterocycles. The van der Waals surface area contributed by atoms with Gasteiger partial charge in [-0.1, -0.05) is 26.1 Å². The summed E-state index contributed by atoms with van der Waals surface area (Å²) in [7, 11) is 0. The van der Waals surface area contributed by atoms with Gasteiger partial charge in [-0.15, -0.1) is 0 Å². The zero-order valence-corrected chi connectivity index (χ0v) is 14.4. The van der Waals surface area contributed by atoms with Crippen molar-refractivity contribution in [2.45, 2.75) is 46.6 Å². The van der Waals surface area contributed by atoms with E-state index in [1.54, 1.807) is 17.0 Å². The Labute approximate surface area is 132 Å². The molecule has 0 fully saturated rings. The number of nitrogens with two attached hydrogens (primary N) is 1. The number of anilines is 1. The Bertz CT molecular complexity index is 545. The van der Waals surface area contributed by atoms with Gasteiger partial charge in [0, 0.05) is 37.4 Å². The highest BCUT2D eigenvalue weighted by atomic mass is 32.1. The lowest BCUT2D eigenvalue weighted by atomic mass is 10.1. The van der Waals surface area contributed by atoms with Crippen molar-refractivity contribution in [2.24, 2.45) is 11.7 Å². The lowest BCUT2D eigenvalue weighted by Crippen LogP contribution is -2.41. The van der Waals surface area contributed by atoms with Gasteiger partial charge in [0.25, 0.3) is 5.56 Å². The maximum Gasteiger partial charge on any atom is 0.293 e. The second kappa shape index (κ2) is 7.02. The molecule has 0 aromatic carbocycles. The standard InChI is InChI=1S/C15H26N4OS/c1-11(2)10-18(8-6-12(16)21)13-14(20)19(9-7-17-13)15(3,4)5/h7,9,11H,6,8,10H2,1-5H3,(H2,16,21). The lowest BCUT2D eigenvalue weighted by molar-refractivity contribution is 0.382. The van der Waals surface area contributed by atoms with Gasteiger partial charge < -0.3 is 15.2 Å². The highest BCUT2D eigenvalue weighted by molar-refractivity contribution is 7.80. The average molecular weight is 310 g/mol. The number of rotatable bonds is 6. The Morgan fingerprint density at radius 1 is 1.48 bits per heavy atom. The summed E-state index contributed by atoms with van der Waals surface area (Å²) < 4.78 is 1.71. The van der Waals surface area contributed by atoms with Crippen molar-refractivity contribution in [3.63, 3.8) is 0 Å². The first kappa shape index (κ1) is 17.6. The van der Waals surface area contributed by atoms with Crippen LogP contribution in [0.4, 0.5) is 5.82 Å². The van der Waals surface area contributed by atoms with Gasteiger partial charge in [0.05, 0.1) is 4.99 Å². The van der Waals surface area contributed by atoms with E-state index in [9.17, 15) is 4.79 Å². The van der Waals surface area contributed by atoms with Crippen LogP contribution in [-0.4, -0.2) is 27.6 Å². The molecule has 6 heteroatoms. The zero-order valence-electron chi connectivity index (χ0n) is 13.6. The Morgan fingerprint density at radius 2 is 2.10 bits per heavy atom. The summed E-state index contributed by atoms with van der Waals surface area (Å²) in [5.74, 6) is 0.887. The summed E-state index contributed by atoms with van der Waals surface area (Å²) in [6.45, 7) is 11.6. The molecule has 0 radical (unpaired) electrons. The summed E-state index contributed by atoms with van der Waals surface area (Å²) >= 11 is 4.94. The molecule has 118 valence electrons. The molecule has 21 heavy (non-hydrogen) atoms. The zero-order chi connectivity index (χ0) is 16.2. The minimum atomic E-state index is -0.276. The van der Waals surface area contributed by atoms with Crippen LogP contribution in [0.3, 0.4) is 0 Å². The minimum Gasteiger partial charge on any atom is -0.393 e. The number of hydrogen-bond donors (Lipinski definition) is 1. The first-order chi connectivity index (χ1) is 9.62. The third-order valence-corrected chi connectivity index (χ3v) is 3.26. The van der Waals surface area contributed by atoms with E-state index < -0.39 is 0 Å². The largest absolute Gasteiger partial charge is 0.393 e. The van der Waals surface area contributed by atoms with E-state index >= 15 is 0 Å². The average Bonchev–Trinajstić information content (AvgIpc) is 2.33. The summed E-state index contributed by atoms with van der Waals surface area (Å²) in [6.07, 6.45) is 3.98. The van der Waals surface area contributed by atoms with Crippen LogP contribution in [0.15, 0.2) is 17.2 Å². The molecule has 1 rings (SSSR count). The molecule has 2 N–H and O–H groups in total. The van der Waals surface area contributed by atoms with Crippen LogP contribution in [0.25, 0.3) is 0 Å². The van der Waals surface area contributed by atoms with Crippen LogP contribution in [0.5, 0.6) is 0 Å². The maximum absolute atomic E-state index is 12.7. The smallest absolute Gasteiger partial charge is 0.293 e. The number of hydrogen-bond acceptors (Lipinski definition) is 4. The van der Waals surface area contributed by atoms with Crippen LogP contribution < -0.4 is 16.2 Å². The van der Waals surface area contributed by atoms with Gasteiger partial charge >= 0.3 is 0 Å². The Morgan fingerprint density at radius 3 is 2.57 bits per heavy atom. The topological polar surface area (TPSA) is 64.2 Å². The van der Waals surface area contributed by atoms with Gasteiger partial charge in [0.1, 0.15) is 0 Å². The molecular weight excluding hydrogens is 284 g/mol. The van der Waals surface area contributed by atoms with Gasteiger partial charge in [-0.05, 0) is 26.7 Å². The van der Waals surface area contributed by atoms with Gasteiger partial charge in [-0.3, -0.25) is 4.79 Å². The molecule has 1 aromatic heterocycles. The SMILES string of the molecule is CC(C)CN(CCC(N)=S)c1nccn(C(C)(C)C)c1=O. The van der Waals surface area contributed by atoms with E-state index in [2.05, 4.69) is 18.8 Å². The van der Waals surface area contributed by atoms with E-state index in [0.29, 0.717) is 29.7 Å². The quantitative estimate of drug-likeness (QED) is 0.816. The second-order valence-corrected chi connectivity index (χ2v) is 7.18. The summed E-state index contributed by atoms with van der Waals surface area (Å²) in [5, 5.41) is 0. The van der Waals surface area contributed by atoms with Crippen molar-refractivity contribution >= 4 is 23.0 Å². The Kier molecular flexibility index (Phi) is 5.89. The molecule has 0 saturated carbocycles.